The molecular formula is C4H9NO6S. The minimum atomic E-state index is -4.64. The number of carboxylic acid groups (broad SMARTS) is 1. The lowest BCUT2D eigenvalue weighted by Gasteiger charge is -2.17. The lowest BCUT2D eigenvalue weighted by atomic mass is 10.3. The number of rotatable bonds is 4. The highest BCUT2D eigenvalue weighted by Crippen LogP contribution is 1.99. The van der Waals surface area contributed by atoms with E-state index in [0.717, 1.165) is 7.05 Å². The molecular weight excluding hydrogens is 190 g/mol. The summed E-state index contributed by atoms with van der Waals surface area (Å²) in [4.78, 5) is 10.2. The van der Waals surface area contributed by atoms with Crippen LogP contribution in [0.4, 0.5) is 0 Å². The topological polar surface area (TPSA) is 104 Å². The van der Waals surface area contributed by atoms with E-state index in [2.05, 4.69) is 4.28 Å². The van der Waals surface area contributed by atoms with E-state index in [-0.39, 0.29) is 0 Å². The van der Waals surface area contributed by atoms with Crippen LogP contribution in [0, 0.1) is 0 Å². The van der Waals surface area contributed by atoms with Gasteiger partial charge in [-0.1, -0.05) is 0 Å². The summed E-state index contributed by atoms with van der Waals surface area (Å²) in [6, 6.07) is -1.16. The summed E-state index contributed by atoms with van der Waals surface area (Å²) in [5.41, 5.74) is 0. The van der Waals surface area contributed by atoms with E-state index in [1.807, 2.05) is 0 Å². The van der Waals surface area contributed by atoms with Crippen LogP contribution in [0.15, 0.2) is 0 Å². The highest BCUT2D eigenvalue weighted by Gasteiger charge is 2.21. The van der Waals surface area contributed by atoms with Gasteiger partial charge in [0.2, 0.25) is 0 Å². The molecule has 0 rings (SSSR count). The summed E-state index contributed by atoms with van der Waals surface area (Å²) >= 11 is 0. The smallest absolute Gasteiger partial charge is 0.413 e. The zero-order valence-electron chi connectivity index (χ0n) is 6.46. The molecule has 0 aliphatic heterocycles. The van der Waals surface area contributed by atoms with Gasteiger partial charge in [0.1, 0.15) is 6.04 Å². The number of carbonyl (C=O) groups is 1. The molecule has 2 N–H and O–H groups in total. The minimum Gasteiger partial charge on any atom is -0.480 e. The largest absolute Gasteiger partial charge is 0.480 e. The van der Waals surface area contributed by atoms with E-state index in [1.54, 1.807) is 0 Å². The lowest BCUT2D eigenvalue weighted by Crippen LogP contribution is -2.37. The van der Waals surface area contributed by atoms with Crippen molar-refractivity contribution in [1.29, 1.82) is 0 Å². The summed E-state index contributed by atoms with van der Waals surface area (Å²) in [5, 5.41) is 8.86. The lowest BCUT2D eigenvalue weighted by molar-refractivity contribution is -0.154. The Morgan fingerprint density at radius 3 is 2.25 bits per heavy atom. The SMILES string of the molecule is CC(C(=O)O)N(C)OS(=O)(=O)O. The van der Waals surface area contributed by atoms with Gasteiger partial charge in [0.25, 0.3) is 0 Å². The Kier molecular flexibility index (Phi) is 3.58. The molecule has 0 aromatic heterocycles. The first-order valence-electron chi connectivity index (χ1n) is 2.86. The Balaban J connectivity index is 4.23. The molecule has 0 aliphatic carbocycles. The molecule has 1 atom stereocenters. The van der Waals surface area contributed by atoms with E-state index >= 15 is 0 Å². The van der Waals surface area contributed by atoms with Crippen molar-refractivity contribution >= 4 is 16.4 Å². The van der Waals surface area contributed by atoms with Crippen LogP contribution in [0.2, 0.25) is 0 Å². The van der Waals surface area contributed by atoms with Gasteiger partial charge in [-0.3, -0.25) is 9.35 Å². The van der Waals surface area contributed by atoms with Gasteiger partial charge < -0.3 is 5.11 Å². The third-order valence-electron chi connectivity index (χ3n) is 1.11. The van der Waals surface area contributed by atoms with E-state index in [4.69, 9.17) is 9.66 Å². The van der Waals surface area contributed by atoms with Crippen molar-refractivity contribution < 1.29 is 27.2 Å². The average Bonchev–Trinajstić information content (AvgIpc) is 1.82. The highest BCUT2D eigenvalue weighted by atomic mass is 32.3. The van der Waals surface area contributed by atoms with Gasteiger partial charge in [-0.15, -0.1) is 0 Å². The molecule has 7 nitrogen and oxygen atoms in total. The minimum absolute atomic E-state index is 0.512. The van der Waals surface area contributed by atoms with Crippen molar-refractivity contribution in [1.82, 2.24) is 5.06 Å². The third-order valence-corrected chi connectivity index (χ3v) is 1.54. The number of likely N-dealkylation sites (N-methyl/N-ethyl adjacent to an activating group) is 1. The van der Waals surface area contributed by atoms with Crippen LogP contribution in [-0.4, -0.2) is 42.2 Å². The average molecular weight is 199 g/mol. The predicted octanol–water partition coefficient (Wildman–Crippen LogP) is -0.874. The Morgan fingerprint density at radius 2 is 2.00 bits per heavy atom. The van der Waals surface area contributed by atoms with Gasteiger partial charge in [-0.2, -0.15) is 17.8 Å². The van der Waals surface area contributed by atoms with Crippen LogP contribution in [0.1, 0.15) is 6.92 Å². The van der Waals surface area contributed by atoms with Crippen molar-refractivity contribution in [3.63, 3.8) is 0 Å². The van der Waals surface area contributed by atoms with Crippen molar-refractivity contribution in [3.8, 4) is 0 Å². The van der Waals surface area contributed by atoms with Crippen LogP contribution in [0.5, 0.6) is 0 Å². The molecule has 12 heavy (non-hydrogen) atoms. The fraction of sp³-hybridized carbons (Fsp3) is 0.750. The normalized spacial score (nSPS) is 14.7. The number of carboxylic acids is 1. The number of aliphatic carboxylic acids is 1. The van der Waals surface area contributed by atoms with Gasteiger partial charge in [0.05, 0.1) is 0 Å². The molecule has 0 radical (unpaired) electrons. The molecule has 72 valence electrons. The second-order valence-electron chi connectivity index (χ2n) is 2.06. The Labute approximate surface area is 69.5 Å². The quantitative estimate of drug-likeness (QED) is 0.447. The molecule has 0 heterocycles. The molecule has 0 spiro atoms. The van der Waals surface area contributed by atoms with Crippen molar-refractivity contribution in [2.24, 2.45) is 0 Å². The summed E-state index contributed by atoms with van der Waals surface area (Å²) in [7, 11) is -3.56. The van der Waals surface area contributed by atoms with Crippen LogP contribution in [0.25, 0.3) is 0 Å². The third kappa shape index (κ3) is 4.23. The number of nitrogens with zero attached hydrogens (tertiary/aromatic N) is 1. The monoisotopic (exact) mass is 199 g/mol. The van der Waals surface area contributed by atoms with Crippen molar-refractivity contribution in [2.75, 3.05) is 7.05 Å². The van der Waals surface area contributed by atoms with E-state index < -0.39 is 22.4 Å². The standard InChI is InChI=1S/C4H9NO6S/c1-3(4(6)7)5(2)11-12(8,9)10/h3H,1-2H3,(H,6,7)(H,8,9,10). The van der Waals surface area contributed by atoms with Gasteiger partial charge in [-0.05, 0) is 6.92 Å². The maximum atomic E-state index is 10.2. The number of hydroxylamine groups is 2. The van der Waals surface area contributed by atoms with Crippen LogP contribution >= 0.6 is 0 Å². The summed E-state index contributed by atoms with van der Waals surface area (Å²) in [6.07, 6.45) is 0. The molecule has 0 fully saturated rings. The first-order chi connectivity index (χ1) is 5.24. The summed E-state index contributed by atoms with van der Waals surface area (Å²) in [6.45, 7) is 1.20. The zero-order valence-corrected chi connectivity index (χ0v) is 7.28. The Morgan fingerprint density at radius 1 is 1.58 bits per heavy atom. The molecule has 1 unspecified atom stereocenters. The van der Waals surface area contributed by atoms with Gasteiger partial charge >= 0.3 is 16.4 Å². The fourth-order valence-corrected chi connectivity index (χ4v) is 0.795. The van der Waals surface area contributed by atoms with E-state index in [9.17, 15) is 13.2 Å². The summed E-state index contributed by atoms with van der Waals surface area (Å²) < 4.78 is 32.1. The Hall–Kier alpha value is -0.700. The molecule has 0 aromatic carbocycles. The van der Waals surface area contributed by atoms with Gasteiger partial charge in [0, 0.05) is 7.05 Å². The Bertz CT molecular complexity index is 259. The highest BCUT2D eigenvalue weighted by molar-refractivity contribution is 7.80. The van der Waals surface area contributed by atoms with E-state index in [0.29, 0.717) is 5.06 Å². The van der Waals surface area contributed by atoms with Crippen LogP contribution < -0.4 is 0 Å². The molecule has 0 amide bonds. The molecule has 0 aliphatic rings. The maximum Gasteiger partial charge on any atom is 0.413 e. The molecule has 8 heteroatoms. The van der Waals surface area contributed by atoms with Crippen molar-refractivity contribution in [3.05, 3.63) is 0 Å². The number of hydrogen-bond acceptors (Lipinski definition) is 5. The predicted molar refractivity (Wildman–Crippen MR) is 37.5 cm³/mol. The molecule has 0 saturated heterocycles. The number of hydrogen-bond donors (Lipinski definition) is 2. The fourth-order valence-electron chi connectivity index (χ4n) is 0.369. The first kappa shape index (κ1) is 11.3. The molecule has 0 aromatic rings. The zero-order chi connectivity index (χ0) is 9.94. The second-order valence-corrected chi connectivity index (χ2v) is 3.07. The first-order valence-corrected chi connectivity index (χ1v) is 4.23. The summed E-state index contributed by atoms with van der Waals surface area (Å²) in [5.74, 6) is -1.26. The van der Waals surface area contributed by atoms with Gasteiger partial charge in [-0.25, -0.2) is 0 Å². The second kappa shape index (κ2) is 3.81. The molecule has 0 saturated carbocycles. The van der Waals surface area contributed by atoms with Crippen LogP contribution in [0.3, 0.4) is 0 Å². The molecule has 0 bridgehead atoms. The maximum absolute atomic E-state index is 10.2. The van der Waals surface area contributed by atoms with E-state index in [1.165, 1.54) is 6.92 Å². The van der Waals surface area contributed by atoms with Crippen LogP contribution in [-0.2, 0) is 19.5 Å². The van der Waals surface area contributed by atoms with Crippen molar-refractivity contribution in [2.45, 2.75) is 13.0 Å². The van der Waals surface area contributed by atoms with Gasteiger partial charge in [0.15, 0.2) is 0 Å².